The van der Waals surface area contributed by atoms with Gasteiger partial charge in [-0.05, 0) is 52.2 Å². The zero-order chi connectivity index (χ0) is 22.8. The van der Waals surface area contributed by atoms with E-state index in [-0.39, 0.29) is 36.7 Å². The Morgan fingerprint density at radius 2 is 1.81 bits per heavy atom. The zero-order valence-electron chi connectivity index (χ0n) is 19.1. The van der Waals surface area contributed by atoms with Crippen LogP contribution in [0.5, 0.6) is 0 Å². The van der Waals surface area contributed by atoms with Crippen molar-refractivity contribution >= 4 is 27.5 Å². The summed E-state index contributed by atoms with van der Waals surface area (Å²) < 4.78 is 26.4. The lowest BCUT2D eigenvalue weighted by Crippen LogP contribution is -2.71. The first kappa shape index (κ1) is 23.7. The molecule has 3 rings (SSSR count). The first-order valence-corrected chi connectivity index (χ1v) is 12.9. The number of piperazine rings is 1. The molecule has 1 aliphatic carbocycles. The van der Waals surface area contributed by atoms with E-state index in [9.17, 15) is 18.0 Å². The average Bonchev–Trinajstić information content (AvgIpc) is 2.97. The summed E-state index contributed by atoms with van der Waals surface area (Å²) in [7, 11) is -3.61. The van der Waals surface area contributed by atoms with Crippen molar-refractivity contribution in [2.45, 2.75) is 77.8 Å². The predicted molar refractivity (Wildman–Crippen MR) is 122 cm³/mol. The summed E-state index contributed by atoms with van der Waals surface area (Å²) in [4.78, 5) is 28.5. The highest BCUT2D eigenvalue weighted by Crippen LogP contribution is 2.33. The number of rotatable bonds is 5. The highest BCUT2D eigenvalue weighted by atomic mass is 32.2. The van der Waals surface area contributed by atoms with Crippen LogP contribution in [0.2, 0.25) is 0 Å². The summed E-state index contributed by atoms with van der Waals surface area (Å²) in [6.07, 6.45) is 6.29. The minimum atomic E-state index is -3.61. The Morgan fingerprint density at radius 1 is 1.16 bits per heavy atom. The lowest BCUT2D eigenvalue weighted by molar-refractivity contribution is -0.133. The molecule has 31 heavy (non-hydrogen) atoms. The van der Waals surface area contributed by atoms with Crippen molar-refractivity contribution in [2.75, 3.05) is 23.7 Å². The molecule has 0 unspecified atom stereocenters. The van der Waals surface area contributed by atoms with Crippen molar-refractivity contribution in [1.29, 1.82) is 0 Å². The van der Waals surface area contributed by atoms with Gasteiger partial charge in [0.05, 0.1) is 12.3 Å². The van der Waals surface area contributed by atoms with E-state index in [0.717, 1.165) is 36.8 Å². The molecular formula is C23H35N3O4S. The molecule has 0 radical (unpaired) electrons. The van der Waals surface area contributed by atoms with E-state index >= 15 is 0 Å². The molecule has 1 heterocycles. The highest BCUT2D eigenvalue weighted by molar-refractivity contribution is 7.89. The molecular weight excluding hydrogens is 414 g/mol. The minimum absolute atomic E-state index is 0.0548. The number of benzene rings is 1. The topological polar surface area (TPSA) is 86.8 Å². The molecule has 2 aliphatic rings. The number of sulfonamides is 1. The second kappa shape index (κ2) is 9.28. The molecule has 1 aliphatic heterocycles. The Balaban J connectivity index is 2.00. The normalized spacial score (nSPS) is 24.1. The van der Waals surface area contributed by atoms with Crippen LogP contribution in [-0.4, -0.2) is 55.0 Å². The van der Waals surface area contributed by atoms with E-state index in [4.69, 9.17) is 0 Å². The van der Waals surface area contributed by atoms with Crippen molar-refractivity contribution in [2.24, 2.45) is 0 Å². The third kappa shape index (κ3) is 4.95. The van der Waals surface area contributed by atoms with E-state index in [1.54, 1.807) is 13.8 Å². The number of carbonyl (C=O) groups excluding carboxylic acids is 2. The molecule has 172 valence electrons. The molecule has 1 saturated heterocycles. The van der Waals surface area contributed by atoms with Crippen molar-refractivity contribution in [3.63, 3.8) is 0 Å². The smallest absolute Gasteiger partial charge is 0.247 e. The Kier molecular flexibility index (Phi) is 7.11. The minimum Gasteiger partial charge on any atom is -0.351 e. The van der Waals surface area contributed by atoms with Gasteiger partial charge in [0.25, 0.3) is 0 Å². The van der Waals surface area contributed by atoms with Gasteiger partial charge in [-0.1, -0.05) is 43.4 Å². The molecule has 0 spiro atoms. The first-order chi connectivity index (χ1) is 14.6. The van der Waals surface area contributed by atoms with Crippen LogP contribution >= 0.6 is 0 Å². The summed E-state index contributed by atoms with van der Waals surface area (Å²) in [6.45, 7) is 6.82. The second-order valence-electron chi connectivity index (χ2n) is 9.12. The Bertz CT molecular complexity index is 938. The summed E-state index contributed by atoms with van der Waals surface area (Å²) >= 11 is 0. The molecule has 1 aromatic rings. The molecule has 8 heteroatoms. The third-order valence-corrected chi connectivity index (χ3v) is 8.34. The number of nitrogens with zero attached hydrogens (tertiary/aromatic N) is 2. The van der Waals surface area contributed by atoms with Crippen LogP contribution in [0.3, 0.4) is 0 Å². The fourth-order valence-electron chi connectivity index (χ4n) is 4.74. The fourth-order valence-corrected chi connectivity index (χ4v) is 5.86. The fraction of sp³-hybridized carbons (Fsp3) is 0.652. The standard InChI is InChI=1S/C23H35N3O4S/c1-5-31(29,30)25-15-21(27)26(20-13-12-17(2)14-18(20)3)23(4,16-25)22(28)24-19-10-8-6-7-9-11-19/h12-14,19H,5-11,15-16H2,1-4H3,(H,24,28)/t23-/m1/s1. The van der Waals surface area contributed by atoms with Gasteiger partial charge in [0.15, 0.2) is 0 Å². The van der Waals surface area contributed by atoms with Gasteiger partial charge in [-0.3, -0.25) is 14.5 Å². The molecule has 1 N–H and O–H groups in total. The molecule has 2 amide bonds. The first-order valence-electron chi connectivity index (χ1n) is 11.3. The van der Waals surface area contributed by atoms with Gasteiger partial charge in [0.1, 0.15) is 5.54 Å². The highest BCUT2D eigenvalue weighted by Gasteiger charge is 2.51. The van der Waals surface area contributed by atoms with Gasteiger partial charge < -0.3 is 5.32 Å². The third-order valence-electron chi connectivity index (χ3n) is 6.57. The molecule has 7 nitrogen and oxygen atoms in total. The van der Waals surface area contributed by atoms with Gasteiger partial charge >= 0.3 is 0 Å². The maximum Gasteiger partial charge on any atom is 0.247 e. The van der Waals surface area contributed by atoms with Gasteiger partial charge in [-0.15, -0.1) is 0 Å². The van der Waals surface area contributed by atoms with Crippen LogP contribution in [0.15, 0.2) is 18.2 Å². The van der Waals surface area contributed by atoms with Crippen LogP contribution in [0, 0.1) is 13.8 Å². The van der Waals surface area contributed by atoms with Crippen molar-refractivity contribution in [1.82, 2.24) is 9.62 Å². The number of anilines is 1. The lowest BCUT2D eigenvalue weighted by atomic mass is 9.92. The predicted octanol–water partition coefficient (Wildman–Crippen LogP) is 2.90. The van der Waals surface area contributed by atoms with Crippen LogP contribution in [-0.2, 0) is 19.6 Å². The summed E-state index contributed by atoms with van der Waals surface area (Å²) in [5.41, 5.74) is 1.27. The maximum atomic E-state index is 13.6. The summed E-state index contributed by atoms with van der Waals surface area (Å²) in [5.74, 6) is -0.776. The van der Waals surface area contributed by atoms with Gasteiger partial charge in [-0.2, -0.15) is 4.31 Å². The lowest BCUT2D eigenvalue weighted by Gasteiger charge is -2.47. The molecule has 0 aromatic heterocycles. The van der Waals surface area contributed by atoms with Crippen molar-refractivity contribution in [3.05, 3.63) is 29.3 Å². The number of aryl methyl sites for hydroxylation is 2. The van der Waals surface area contributed by atoms with Gasteiger partial charge in [-0.25, -0.2) is 8.42 Å². The molecule has 1 aromatic carbocycles. The van der Waals surface area contributed by atoms with Crippen LogP contribution < -0.4 is 10.2 Å². The SMILES string of the molecule is CCS(=O)(=O)N1CC(=O)N(c2ccc(C)cc2C)[C@@](C)(C(=O)NC2CCCCCC2)C1. The van der Waals surface area contributed by atoms with Crippen LogP contribution in [0.4, 0.5) is 5.69 Å². The largest absolute Gasteiger partial charge is 0.351 e. The Morgan fingerprint density at radius 3 is 2.39 bits per heavy atom. The number of nitrogens with one attached hydrogen (secondary N) is 1. The number of hydrogen-bond donors (Lipinski definition) is 1. The van der Waals surface area contributed by atoms with Crippen molar-refractivity contribution in [3.8, 4) is 0 Å². The number of hydrogen-bond acceptors (Lipinski definition) is 4. The maximum absolute atomic E-state index is 13.6. The van der Waals surface area contributed by atoms with E-state index < -0.39 is 15.6 Å². The van der Waals surface area contributed by atoms with E-state index in [2.05, 4.69) is 5.32 Å². The Hall–Kier alpha value is -1.93. The molecule has 2 fully saturated rings. The van der Waals surface area contributed by atoms with Gasteiger partial charge in [0.2, 0.25) is 21.8 Å². The molecule has 1 saturated carbocycles. The van der Waals surface area contributed by atoms with Gasteiger partial charge in [0, 0.05) is 18.3 Å². The monoisotopic (exact) mass is 449 g/mol. The summed E-state index contributed by atoms with van der Waals surface area (Å²) in [5, 5.41) is 3.16. The average molecular weight is 450 g/mol. The van der Waals surface area contributed by atoms with E-state index in [0.29, 0.717) is 5.69 Å². The summed E-state index contributed by atoms with van der Waals surface area (Å²) in [6, 6.07) is 5.79. The number of amides is 2. The number of carbonyl (C=O) groups is 2. The van der Waals surface area contributed by atoms with Crippen molar-refractivity contribution < 1.29 is 18.0 Å². The van der Waals surface area contributed by atoms with E-state index in [1.807, 2.05) is 32.0 Å². The molecule has 0 bridgehead atoms. The van der Waals surface area contributed by atoms with Crippen LogP contribution in [0.25, 0.3) is 0 Å². The van der Waals surface area contributed by atoms with Crippen LogP contribution in [0.1, 0.15) is 63.5 Å². The quantitative estimate of drug-likeness (QED) is 0.701. The zero-order valence-corrected chi connectivity index (χ0v) is 19.9. The second-order valence-corrected chi connectivity index (χ2v) is 11.4. The Labute approximate surface area is 186 Å². The molecule has 1 atom stereocenters. The van der Waals surface area contributed by atoms with E-state index in [1.165, 1.54) is 22.0 Å².